The average Bonchev–Trinajstić information content (AvgIpc) is 3.33. The molecule has 0 radical (unpaired) electrons. The zero-order chi connectivity index (χ0) is 33.2. The van der Waals surface area contributed by atoms with E-state index in [1.165, 1.54) is 69.8 Å². The predicted molar refractivity (Wildman–Crippen MR) is 183 cm³/mol. The van der Waals surface area contributed by atoms with Crippen LogP contribution in [0.2, 0.25) is 0 Å². The molecule has 256 valence electrons. The number of hydrogen-bond acceptors (Lipinski definition) is 4. The third kappa shape index (κ3) is 5.45. The van der Waals surface area contributed by atoms with Gasteiger partial charge in [-0.25, -0.2) is 0 Å². The molecule has 3 unspecified atom stereocenters. The van der Waals surface area contributed by atoms with Crippen molar-refractivity contribution >= 4 is 11.9 Å². The Balaban J connectivity index is 1.39. The summed E-state index contributed by atoms with van der Waals surface area (Å²) in [6.45, 7) is 27.4. The Morgan fingerprint density at radius 1 is 0.889 bits per heavy atom. The molecule has 5 saturated carbocycles. The van der Waals surface area contributed by atoms with Crippen molar-refractivity contribution < 1.29 is 19.4 Å². The Hall–Kier alpha value is -1.36. The molecule has 5 aliphatic carbocycles. The zero-order valence-electron chi connectivity index (χ0n) is 30.4. The highest BCUT2D eigenvalue weighted by Crippen LogP contribution is 2.78. The molecule has 0 saturated heterocycles. The third-order valence-electron chi connectivity index (χ3n) is 15.8. The van der Waals surface area contributed by atoms with Crippen LogP contribution in [-0.4, -0.2) is 36.2 Å². The van der Waals surface area contributed by atoms with E-state index in [1.54, 1.807) is 13.8 Å². The Kier molecular flexibility index (Phi) is 9.29. The summed E-state index contributed by atoms with van der Waals surface area (Å²) in [6.07, 6.45) is 14.8. The van der Waals surface area contributed by atoms with E-state index in [-0.39, 0.29) is 29.3 Å². The molecule has 5 nitrogen and oxygen atoms in total. The first kappa shape index (κ1) is 35.0. The lowest BCUT2D eigenvalue weighted by molar-refractivity contribution is -0.250. The van der Waals surface area contributed by atoms with E-state index >= 15 is 0 Å². The summed E-state index contributed by atoms with van der Waals surface area (Å²) in [5, 5.41) is 13.3. The standard InChI is InChI=1S/C40H67NO4/c1-11-23-41-24-22-40-19-14-27(26(2)3)33(40)28-12-13-30-37(8)17-16-31(45-32(42)25-35(4,5)34(43)44)36(6,7)29(37)15-18-39(30,10)38(28,9)20-21-40/h27-31,33,41H,2,11-25H2,1,3-10H3,(H,43,44)/t27-,28+,29?,30?,31-,33?,37-,38+,39+,40+/m0/s1. The molecule has 0 heterocycles. The first-order valence-corrected chi connectivity index (χ1v) is 18.7. The van der Waals surface area contributed by atoms with Gasteiger partial charge in [-0.1, -0.05) is 53.7 Å². The van der Waals surface area contributed by atoms with Gasteiger partial charge in [0.15, 0.2) is 0 Å². The topological polar surface area (TPSA) is 75.6 Å². The molecule has 2 N–H and O–H groups in total. The minimum atomic E-state index is -1.11. The smallest absolute Gasteiger partial charge is 0.309 e. The molecule has 5 rings (SSSR count). The molecular weight excluding hydrogens is 558 g/mol. The lowest BCUT2D eigenvalue weighted by Gasteiger charge is -2.73. The highest BCUT2D eigenvalue weighted by molar-refractivity contribution is 5.81. The van der Waals surface area contributed by atoms with Crippen molar-refractivity contribution in [3.8, 4) is 0 Å². The lowest BCUT2D eigenvalue weighted by Crippen LogP contribution is -2.66. The molecule has 5 fully saturated rings. The number of fused-ring (bicyclic) bond motifs is 7. The number of carbonyl (C=O) groups excluding carboxylic acids is 1. The first-order valence-electron chi connectivity index (χ1n) is 18.7. The summed E-state index contributed by atoms with van der Waals surface area (Å²) < 4.78 is 6.18. The Morgan fingerprint density at radius 2 is 1.60 bits per heavy atom. The van der Waals surface area contributed by atoms with Crippen molar-refractivity contribution in [2.75, 3.05) is 13.1 Å². The minimum absolute atomic E-state index is 0.0835. The number of allylic oxidation sites excluding steroid dienone is 1. The molecule has 5 aliphatic rings. The fraction of sp³-hybridized carbons (Fsp3) is 0.900. The summed E-state index contributed by atoms with van der Waals surface area (Å²) in [6, 6.07) is 0. The van der Waals surface area contributed by atoms with E-state index in [0.717, 1.165) is 37.8 Å². The van der Waals surface area contributed by atoms with Crippen LogP contribution in [0.5, 0.6) is 0 Å². The average molecular weight is 626 g/mol. The number of carbonyl (C=O) groups is 2. The van der Waals surface area contributed by atoms with E-state index in [2.05, 4.69) is 60.4 Å². The maximum Gasteiger partial charge on any atom is 0.309 e. The maximum atomic E-state index is 13.0. The van der Waals surface area contributed by atoms with Gasteiger partial charge in [0.2, 0.25) is 0 Å². The van der Waals surface area contributed by atoms with Gasteiger partial charge in [-0.05, 0) is 162 Å². The lowest BCUT2D eigenvalue weighted by atomic mass is 9.32. The molecule has 0 aliphatic heterocycles. The van der Waals surface area contributed by atoms with E-state index < -0.39 is 11.4 Å². The second kappa shape index (κ2) is 12.0. The summed E-state index contributed by atoms with van der Waals surface area (Å²) in [4.78, 5) is 24.7. The molecule has 5 heteroatoms. The van der Waals surface area contributed by atoms with Crippen LogP contribution in [0.3, 0.4) is 0 Å². The monoisotopic (exact) mass is 626 g/mol. The predicted octanol–water partition coefficient (Wildman–Crippen LogP) is 9.45. The van der Waals surface area contributed by atoms with Crippen LogP contribution in [0, 0.1) is 62.1 Å². The number of esters is 1. The number of carboxylic acids is 1. The van der Waals surface area contributed by atoms with Crippen molar-refractivity contribution in [2.24, 2.45) is 62.1 Å². The van der Waals surface area contributed by atoms with Crippen molar-refractivity contribution in [3.63, 3.8) is 0 Å². The molecule has 10 atom stereocenters. The van der Waals surface area contributed by atoms with Crippen molar-refractivity contribution in [3.05, 3.63) is 12.2 Å². The normalized spacial score (nSPS) is 43.8. The summed E-state index contributed by atoms with van der Waals surface area (Å²) in [5.41, 5.74) is 1.50. The van der Waals surface area contributed by atoms with E-state index in [0.29, 0.717) is 34.0 Å². The molecule has 0 aromatic heterocycles. The van der Waals surface area contributed by atoms with Crippen molar-refractivity contribution in [2.45, 2.75) is 152 Å². The van der Waals surface area contributed by atoms with E-state index in [9.17, 15) is 14.7 Å². The van der Waals surface area contributed by atoms with Crippen LogP contribution in [0.25, 0.3) is 0 Å². The number of hydrogen-bond donors (Lipinski definition) is 2. The SMILES string of the molecule is C=C(C)[C@@H]1CC[C@]2(CCNCCC)CC[C@]3(C)[C@H](CCC4[C@@]5(C)CC[C@H](OC(=O)CC(C)(C)C(=O)O)C(C)(C)C5CC[C@]43C)C12. The summed E-state index contributed by atoms with van der Waals surface area (Å²) in [7, 11) is 0. The van der Waals surface area contributed by atoms with Crippen LogP contribution in [-0.2, 0) is 14.3 Å². The highest BCUT2D eigenvalue weighted by Gasteiger charge is 2.71. The Morgan fingerprint density at radius 3 is 2.24 bits per heavy atom. The molecule has 0 amide bonds. The van der Waals surface area contributed by atoms with Crippen LogP contribution in [0.1, 0.15) is 146 Å². The van der Waals surface area contributed by atoms with Gasteiger partial charge < -0.3 is 15.2 Å². The molecule has 0 spiro atoms. The summed E-state index contributed by atoms with van der Waals surface area (Å²) >= 11 is 0. The number of nitrogens with one attached hydrogen (secondary N) is 1. The van der Waals surface area contributed by atoms with Gasteiger partial charge in [0.25, 0.3) is 0 Å². The van der Waals surface area contributed by atoms with Crippen LogP contribution in [0.4, 0.5) is 0 Å². The second-order valence-electron chi connectivity index (χ2n) is 18.8. The van der Waals surface area contributed by atoms with Gasteiger partial charge in [0, 0.05) is 5.41 Å². The van der Waals surface area contributed by atoms with Gasteiger partial charge in [0.05, 0.1) is 11.8 Å². The van der Waals surface area contributed by atoms with Crippen LogP contribution in [0.15, 0.2) is 12.2 Å². The zero-order valence-corrected chi connectivity index (χ0v) is 30.4. The number of rotatable bonds is 10. The molecule has 0 bridgehead atoms. The summed E-state index contributed by atoms with van der Waals surface area (Å²) in [5.74, 6) is 2.05. The minimum Gasteiger partial charge on any atom is -0.481 e. The quantitative estimate of drug-likeness (QED) is 0.144. The molecule has 45 heavy (non-hydrogen) atoms. The largest absolute Gasteiger partial charge is 0.481 e. The second-order valence-corrected chi connectivity index (χ2v) is 18.8. The Bertz CT molecular complexity index is 1160. The van der Waals surface area contributed by atoms with Gasteiger partial charge in [0.1, 0.15) is 6.10 Å². The van der Waals surface area contributed by atoms with Gasteiger partial charge in [-0.3, -0.25) is 9.59 Å². The number of aliphatic carboxylic acids is 1. The number of ether oxygens (including phenoxy) is 1. The fourth-order valence-electron chi connectivity index (χ4n) is 13.2. The van der Waals surface area contributed by atoms with Gasteiger partial charge >= 0.3 is 11.9 Å². The maximum absolute atomic E-state index is 13.0. The van der Waals surface area contributed by atoms with E-state index in [1.807, 2.05) is 0 Å². The fourth-order valence-corrected chi connectivity index (χ4v) is 13.2. The van der Waals surface area contributed by atoms with Crippen molar-refractivity contribution in [1.82, 2.24) is 5.32 Å². The molecule has 0 aromatic rings. The van der Waals surface area contributed by atoms with Crippen LogP contribution >= 0.6 is 0 Å². The molecular formula is C40H67NO4. The third-order valence-corrected chi connectivity index (χ3v) is 15.8. The van der Waals surface area contributed by atoms with Gasteiger partial charge in [-0.15, -0.1) is 0 Å². The van der Waals surface area contributed by atoms with E-state index in [4.69, 9.17) is 4.74 Å². The first-order chi connectivity index (χ1) is 20.9. The van der Waals surface area contributed by atoms with Crippen molar-refractivity contribution in [1.29, 1.82) is 0 Å². The Labute approximate surface area is 275 Å². The van der Waals surface area contributed by atoms with Crippen LogP contribution < -0.4 is 5.32 Å². The molecule has 0 aromatic carbocycles. The highest BCUT2D eigenvalue weighted by atomic mass is 16.5. The van der Waals surface area contributed by atoms with Gasteiger partial charge in [-0.2, -0.15) is 0 Å². The number of carboxylic acid groups (broad SMARTS) is 1.